The second-order valence-electron chi connectivity index (χ2n) is 10.4. The van der Waals surface area contributed by atoms with Crippen molar-refractivity contribution >= 4 is 28.7 Å². The van der Waals surface area contributed by atoms with E-state index in [9.17, 15) is 14.9 Å². The fraction of sp³-hybridized carbons (Fsp3) is 0.258. The van der Waals surface area contributed by atoms with E-state index in [-0.39, 0.29) is 11.6 Å². The van der Waals surface area contributed by atoms with Crippen molar-refractivity contribution in [3.05, 3.63) is 106 Å². The molecule has 1 fully saturated rings. The van der Waals surface area contributed by atoms with Crippen molar-refractivity contribution in [3.63, 3.8) is 0 Å². The van der Waals surface area contributed by atoms with Crippen LogP contribution in [-0.2, 0) is 18.3 Å². The Morgan fingerprint density at radius 3 is 2.50 bits per heavy atom. The Bertz CT molecular complexity index is 1580. The van der Waals surface area contributed by atoms with Crippen LogP contribution >= 0.6 is 0 Å². The molecule has 0 saturated carbocycles. The number of hydrogen-bond acceptors (Lipinski definition) is 6. The van der Waals surface area contributed by atoms with E-state index in [1.165, 1.54) is 30.5 Å². The second kappa shape index (κ2) is 10.9. The number of aromatic nitrogens is 2. The average molecular weight is 535 g/mol. The Balaban J connectivity index is 1.37. The number of rotatable bonds is 8. The number of nitro benzene ring substituents is 1. The Morgan fingerprint density at radius 1 is 1.07 bits per heavy atom. The monoisotopic (exact) mass is 534 g/mol. The van der Waals surface area contributed by atoms with E-state index in [2.05, 4.69) is 27.3 Å². The Hall–Kier alpha value is -4.63. The summed E-state index contributed by atoms with van der Waals surface area (Å²) in [5.74, 6) is -0.187. The SMILES string of the molecule is Cn1ccnc1-c1ccc(N=C(c2ccc(CCN3CCCC3)cc2)C2C(=O)Nc3ccc([N+](=O)[O-])cc32)cc1. The summed E-state index contributed by atoms with van der Waals surface area (Å²) in [5, 5.41) is 14.4. The molecule has 3 aromatic carbocycles. The molecule has 1 saturated heterocycles. The van der Waals surface area contributed by atoms with E-state index in [1.54, 1.807) is 12.3 Å². The number of non-ortho nitro benzene ring substituents is 1. The van der Waals surface area contributed by atoms with Gasteiger partial charge in [-0.25, -0.2) is 4.98 Å². The van der Waals surface area contributed by atoms with Gasteiger partial charge in [-0.3, -0.25) is 19.9 Å². The summed E-state index contributed by atoms with van der Waals surface area (Å²) in [5.41, 5.74) is 5.27. The molecule has 1 unspecified atom stereocenters. The van der Waals surface area contributed by atoms with Gasteiger partial charge in [0.2, 0.25) is 5.91 Å². The number of nitro groups is 1. The number of fused-ring (bicyclic) bond motifs is 1. The first kappa shape index (κ1) is 25.6. The number of imidazole rings is 1. The lowest BCUT2D eigenvalue weighted by molar-refractivity contribution is -0.384. The lowest BCUT2D eigenvalue weighted by Gasteiger charge is -2.16. The van der Waals surface area contributed by atoms with Crippen molar-refractivity contribution < 1.29 is 9.72 Å². The van der Waals surface area contributed by atoms with Gasteiger partial charge in [-0.1, -0.05) is 24.3 Å². The number of likely N-dealkylation sites (tertiary alicyclic amines) is 1. The lowest BCUT2D eigenvalue weighted by Crippen LogP contribution is -2.22. The lowest BCUT2D eigenvalue weighted by atomic mass is 9.90. The molecule has 1 N–H and O–H groups in total. The van der Waals surface area contributed by atoms with Crippen LogP contribution in [0.2, 0.25) is 0 Å². The number of benzene rings is 3. The number of carbonyl (C=O) groups excluding carboxylic acids is 1. The average Bonchev–Trinajstić information content (AvgIpc) is 3.71. The Morgan fingerprint density at radius 2 is 1.82 bits per heavy atom. The molecule has 2 aliphatic rings. The summed E-state index contributed by atoms with van der Waals surface area (Å²) >= 11 is 0. The molecule has 0 radical (unpaired) electrons. The topological polar surface area (TPSA) is 106 Å². The molecule has 4 aromatic rings. The van der Waals surface area contributed by atoms with Crippen LogP contribution in [-0.4, -0.2) is 50.6 Å². The van der Waals surface area contributed by atoms with E-state index >= 15 is 0 Å². The summed E-state index contributed by atoms with van der Waals surface area (Å²) in [7, 11) is 1.94. The molecule has 0 bridgehead atoms. The molecule has 202 valence electrons. The first-order chi connectivity index (χ1) is 19.5. The minimum Gasteiger partial charge on any atom is -0.334 e. The van der Waals surface area contributed by atoms with Crippen LogP contribution in [0.5, 0.6) is 0 Å². The van der Waals surface area contributed by atoms with Gasteiger partial charge < -0.3 is 14.8 Å². The van der Waals surface area contributed by atoms with Gasteiger partial charge in [0.1, 0.15) is 11.7 Å². The molecule has 0 aliphatic carbocycles. The molecule has 3 heterocycles. The molecule has 1 amide bonds. The third-order valence-electron chi connectivity index (χ3n) is 7.71. The van der Waals surface area contributed by atoms with E-state index in [1.807, 2.05) is 54.2 Å². The summed E-state index contributed by atoms with van der Waals surface area (Å²) in [6, 6.07) is 20.4. The van der Waals surface area contributed by atoms with Crippen LogP contribution in [0.3, 0.4) is 0 Å². The van der Waals surface area contributed by atoms with Crippen molar-refractivity contribution in [2.24, 2.45) is 12.0 Å². The highest BCUT2D eigenvalue weighted by atomic mass is 16.6. The van der Waals surface area contributed by atoms with Gasteiger partial charge in [0.25, 0.3) is 5.69 Å². The van der Waals surface area contributed by atoms with Gasteiger partial charge >= 0.3 is 0 Å². The second-order valence-corrected chi connectivity index (χ2v) is 10.4. The van der Waals surface area contributed by atoms with E-state index in [0.717, 1.165) is 43.0 Å². The zero-order valence-corrected chi connectivity index (χ0v) is 22.3. The molecule has 2 aliphatic heterocycles. The van der Waals surface area contributed by atoms with Crippen LogP contribution in [0.25, 0.3) is 11.4 Å². The number of amides is 1. The molecular weight excluding hydrogens is 504 g/mol. The third kappa shape index (κ3) is 5.15. The summed E-state index contributed by atoms with van der Waals surface area (Å²) in [6.07, 6.45) is 7.14. The van der Waals surface area contributed by atoms with Gasteiger partial charge in [-0.15, -0.1) is 0 Å². The van der Waals surface area contributed by atoms with Crippen molar-refractivity contribution in [2.45, 2.75) is 25.2 Å². The quantitative estimate of drug-likeness (QED) is 0.183. The maximum absolute atomic E-state index is 13.3. The number of nitrogens with zero attached hydrogens (tertiary/aromatic N) is 5. The van der Waals surface area contributed by atoms with Gasteiger partial charge in [0, 0.05) is 54.9 Å². The zero-order chi connectivity index (χ0) is 27.6. The van der Waals surface area contributed by atoms with Crippen LogP contribution < -0.4 is 5.32 Å². The first-order valence-electron chi connectivity index (χ1n) is 13.5. The molecule has 6 rings (SSSR count). The zero-order valence-electron chi connectivity index (χ0n) is 22.3. The highest BCUT2D eigenvalue weighted by Gasteiger charge is 2.36. The highest BCUT2D eigenvalue weighted by Crippen LogP contribution is 2.38. The maximum Gasteiger partial charge on any atom is 0.269 e. The van der Waals surface area contributed by atoms with Crippen LogP contribution in [0.1, 0.15) is 35.4 Å². The van der Waals surface area contributed by atoms with E-state index in [4.69, 9.17) is 4.99 Å². The summed E-state index contributed by atoms with van der Waals surface area (Å²) < 4.78 is 1.95. The normalized spacial score (nSPS) is 17.2. The van der Waals surface area contributed by atoms with Crippen LogP contribution in [0, 0.1) is 10.1 Å². The summed E-state index contributed by atoms with van der Waals surface area (Å²) in [4.78, 5) is 36.3. The number of carbonyl (C=O) groups is 1. The molecule has 40 heavy (non-hydrogen) atoms. The van der Waals surface area contributed by atoms with Crippen molar-refractivity contribution in [2.75, 3.05) is 25.0 Å². The smallest absolute Gasteiger partial charge is 0.269 e. The number of nitrogens with one attached hydrogen (secondary N) is 1. The number of hydrogen-bond donors (Lipinski definition) is 1. The minimum absolute atomic E-state index is 0.0590. The van der Waals surface area contributed by atoms with Crippen molar-refractivity contribution in [3.8, 4) is 11.4 Å². The highest BCUT2D eigenvalue weighted by molar-refractivity contribution is 6.24. The number of aliphatic imine (C=N–C) groups is 1. The minimum atomic E-state index is -0.778. The Labute approximate surface area is 232 Å². The van der Waals surface area contributed by atoms with Gasteiger partial charge in [0.05, 0.1) is 16.3 Å². The fourth-order valence-electron chi connectivity index (χ4n) is 5.53. The number of aryl methyl sites for hydroxylation is 1. The van der Waals surface area contributed by atoms with E-state index in [0.29, 0.717) is 22.6 Å². The number of anilines is 1. The van der Waals surface area contributed by atoms with Gasteiger partial charge in [-0.2, -0.15) is 0 Å². The largest absolute Gasteiger partial charge is 0.334 e. The first-order valence-corrected chi connectivity index (χ1v) is 13.5. The van der Waals surface area contributed by atoms with Crippen LogP contribution in [0.15, 0.2) is 84.1 Å². The maximum atomic E-state index is 13.3. The predicted octanol–water partition coefficient (Wildman–Crippen LogP) is 5.49. The van der Waals surface area contributed by atoms with Crippen LogP contribution in [0.4, 0.5) is 17.1 Å². The Kier molecular flexibility index (Phi) is 6.96. The van der Waals surface area contributed by atoms with E-state index < -0.39 is 10.8 Å². The molecule has 0 spiro atoms. The molecule has 1 aromatic heterocycles. The predicted molar refractivity (Wildman–Crippen MR) is 155 cm³/mol. The molecule has 9 heteroatoms. The fourth-order valence-corrected chi connectivity index (χ4v) is 5.53. The molecule has 9 nitrogen and oxygen atoms in total. The van der Waals surface area contributed by atoms with Crippen molar-refractivity contribution in [1.82, 2.24) is 14.5 Å². The standard InChI is InChI=1S/C31H30N6O3/c1-35-19-15-32-30(35)23-8-10-24(11-9-23)33-29(22-6-4-21(5-7-22)14-18-36-16-2-3-17-36)28-26-20-25(37(39)40)12-13-27(26)34-31(28)38/h4-13,15,19-20,28H,2-3,14,16-18H2,1H3,(H,34,38). The summed E-state index contributed by atoms with van der Waals surface area (Å²) in [6.45, 7) is 3.36. The van der Waals surface area contributed by atoms with Crippen molar-refractivity contribution in [1.29, 1.82) is 0 Å². The molecule has 1 atom stereocenters. The van der Waals surface area contributed by atoms with Gasteiger partial charge in [0.15, 0.2) is 0 Å². The molecular formula is C31H30N6O3. The third-order valence-corrected chi connectivity index (χ3v) is 7.71. The van der Waals surface area contributed by atoms with Gasteiger partial charge in [-0.05, 0) is 73.8 Å².